The molecule has 1 aromatic carbocycles. The fourth-order valence-electron chi connectivity index (χ4n) is 2.21. The van der Waals surface area contributed by atoms with Crippen LogP contribution in [-0.4, -0.2) is 29.6 Å². The summed E-state index contributed by atoms with van der Waals surface area (Å²) in [6, 6.07) is 7.07. The summed E-state index contributed by atoms with van der Waals surface area (Å²) in [5.41, 5.74) is -0.0843. The number of aromatic nitrogens is 1. The van der Waals surface area contributed by atoms with E-state index in [9.17, 15) is 14.0 Å². The minimum atomic E-state index is -0.518. The average Bonchev–Trinajstić information content (AvgIpc) is 3.39. The highest BCUT2D eigenvalue weighted by Gasteiger charge is 2.24. The molecule has 1 aliphatic carbocycles. The highest BCUT2D eigenvalue weighted by Crippen LogP contribution is 2.29. The van der Waals surface area contributed by atoms with E-state index in [-0.39, 0.29) is 17.1 Å². The Morgan fingerprint density at radius 1 is 1.40 bits per heavy atom. The molecule has 1 heterocycles. The maximum absolute atomic E-state index is 14.0. The number of hydrogen-bond donors (Lipinski definition) is 2. The number of nitrogens with zero attached hydrogens (tertiary/aromatic N) is 1. The molecule has 1 fully saturated rings. The van der Waals surface area contributed by atoms with Crippen molar-refractivity contribution in [2.24, 2.45) is 5.92 Å². The standard InChI is InChI=1S/C17H17BrFN3O3/c1-22(25-9-10-2-3-10)17(24)12-5-7-15(23)21-16(12)20-14-6-4-11(18)8-13(14)19/h4-8,10H,2-3,9H2,1H3,(H2,20,21,23). The maximum Gasteiger partial charge on any atom is 0.280 e. The van der Waals surface area contributed by atoms with E-state index in [2.05, 4.69) is 26.2 Å². The smallest absolute Gasteiger partial charge is 0.280 e. The van der Waals surface area contributed by atoms with E-state index in [0.717, 1.165) is 17.9 Å². The largest absolute Gasteiger partial charge is 0.339 e. The number of rotatable bonds is 6. The Bertz CT molecular complexity index is 851. The number of hydrogen-bond acceptors (Lipinski definition) is 4. The molecule has 1 amide bonds. The first-order valence-corrected chi connectivity index (χ1v) is 8.59. The number of aromatic amines is 1. The van der Waals surface area contributed by atoms with Gasteiger partial charge in [-0.25, -0.2) is 9.45 Å². The third-order valence-corrected chi connectivity index (χ3v) is 4.32. The molecule has 25 heavy (non-hydrogen) atoms. The fourth-order valence-corrected chi connectivity index (χ4v) is 2.54. The predicted molar refractivity (Wildman–Crippen MR) is 95.2 cm³/mol. The predicted octanol–water partition coefficient (Wildman–Crippen LogP) is 3.43. The summed E-state index contributed by atoms with van der Waals surface area (Å²) < 4.78 is 14.6. The molecule has 0 unspecified atom stereocenters. The average molecular weight is 410 g/mol. The lowest BCUT2D eigenvalue weighted by Gasteiger charge is -2.19. The number of carbonyl (C=O) groups excluding carboxylic acids is 1. The van der Waals surface area contributed by atoms with Crippen molar-refractivity contribution in [1.29, 1.82) is 0 Å². The van der Waals surface area contributed by atoms with Gasteiger partial charge in [0.15, 0.2) is 0 Å². The van der Waals surface area contributed by atoms with Gasteiger partial charge in [0.05, 0.1) is 17.9 Å². The van der Waals surface area contributed by atoms with E-state index >= 15 is 0 Å². The number of anilines is 2. The van der Waals surface area contributed by atoms with Crippen LogP contribution in [0.3, 0.4) is 0 Å². The lowest BCUT2D eigenvalue weighted by molar-refractivity contribution is -0.109. The second-order valence-corrected chi connectivity index (χ2v) is 6.82. The van der Waals surface area contributed by atoms with Crippen LogP contribution in [0.25, 0.3) is 0 Å². The number of nitrogens with one attached hydrogen (secondary N) is 2. The van der Waals surface area contributed by atoms with Crippen LogP contribution in [0.2, 0.25) is 0 Å². The zero-order chi connectivity index (χ0) is 18.0. The van der Waals surface area contributed by atoms with E-state index in [1.165, 1.54) is 31.3 Å². The van der Waals surface area contributed by atoms with Crippen molar-refractivity contribution >= 4 is 33.3 Å². The Hall–Kier alpha value is -2.19. The lowest BCUT2D eigenvalue weighted by Crippen LogP contribution is -2.29. The minimum Gasteiger partial charge on any atom is -0.339 e. The molecule has 0 radical (unpaired) electrons. The summed E-state index contributed by atoms with van der Waals surface area (Å²) in [7, 11) is 1.51. The van der Waals surface area contributed by atoms with Gasteiger partial charge in [0.2, 0.25) is 5.56 Å². The van der Waals surface area contributed by atoms with E-state index in [0.29, 0.717) is 17.0 Å². The summed E-state index contributed by atoms with van der Waals surface area (Å²) in [6.07, 6.45) is 2.21. The molecule has 3 rings (SSSR count). The summed E-state index contributed by atoms with van der Waals surface area (Å²) in [5.74, 6) is -0.339. The van der Waals surface area contributed by atoms with Crippen LogP contribution in [0.5, 0.6) is 0 Å². The Balaban J connectivity index is 1.84. The number of H-pyrrole nitrogens is 1. The summed E-state index contributed by atoms with van der Waals surface area (Å²) >= 11 is 3.18. The fraction of sp³-hybridized carbons (Fsp3) is 0.294. The van der Waals surface area contributed by atoms with Gasteiger partial charge in [0.25, 0.3) is 5.91 Å². The SMILES string of the molecule is CN(OCC1CC1)C(=O)c1ccc(=O)[nH]c1Nc1ccc(Br)cc1F. The molecule has 0 atom stereocenters. The van der Waals surface area contributed by atoms with E-state index in [1.54, 1.807) is 6.07 Å². The number of amides is 1. The molecule has 0 spiro atoms. The van der Waals surface area contributed by atoms with Gasteiger partial charge in [0, 0.05) is 17.6 Å². The lowest BCUT2D eigenvalue weighted by atomic mass is 10.2. The summed E-state index contributed by atoms with van der Waals surface area (Å²) in [4.78, 5) is 32.2. The van der Waals surface area contributed by atoms with Gasteiger partial charge in [-0.15, -0.1) is 0 Å². The first kappa shape index (κ1) is 17.6. The van der Waals surface area contributed by atoms with E-state index < -0.39 is 17.3 Å². The zero-order valence-electron chi connectivity index (χ0n) is 13.5. The highest BCUT2D eigenvalue weighted by molar-refractivity contribution is 9.10. The number of pyridine rings is 1. The Kier molecular flexibility index (Phi) is 5.19. The maximum atomic E-state index is 14.0. The number of halogens is 2. The van der Waals surface area contributed by atoms with Crippen LogP contribution in [0.15, 0.2) is 39.6 Å². The molecule has 1 aliphatic rings. The summed E-state index contributed by atoms with van der Waals surface area (Å²) in [5, 5.41) is 3.90. The monoisotopic (exact) mass is 409 g/mol. The quantitative estimate of drug-likeness (QED) is 0.716. The molecule has 0 aliphatic heterocycles. The van der Waals surface area contributed by atoms with Crippen LogP contribution < -0.4 is 10.9 Å². The van der Waals surface area contributed by atoms with Crippen molar-refractivity contribution in [3.05, 3.63) is 56.5 Å². The molecular formula is C17H17BrFN3O3. The highest BCUT2D eigenvalue weighted by atomic mass is 79.9. The van der Waals surface area contributed by atoms with Crippen molar-refractivity contribution < 1.29 is 14.0 Å². The first-order chi connectivity index (χ1) is 11.9. The second-order valence-electron chi connectivity index (χ2n) is 5.90. The molecule has 2 N–H and O–H groups in total. The molecule has 0 saturated heterocycles. The van der Waals surface area contributed by atoms with Crippen LogP contribution in [0.4, 0.5) is 15.9 Å². The van der Waals surface area contributed by atoms with Gasteiger partial charge in [-0.1, -0.05) is 15.9 Å². The van der Waals surface area contributed by atoms with Crippen LogP contribution in [-0.2, 0) is 4.84 Å². The normalized spacial score (nSPS) is 13.6. The molecule has 2 aromatic rings. The van der Waals surface area contributed by atoms with Crippen LogP contribution >= 0.6 is 15.9 Å². The van der Waals surface area contributed by atoms with Gasteiger partial charge < -0.3 is 10.3 Å². The second kappa shape index (κ2) is 7.37. The topological polar surface area (TPSA) is 74.4 Å². The van der Waals surface area contributed by atoms with Gasteiger partial charge in [-0.05, 0) is 43.0 Å². The molecule has 132 valence electrons. The van der Waals surface area contributed by atoms with Gasteiger partial charge in [-0.2, -0.15) is 0 Å². The van der Waals surface area contributed by atoms with Gasteiger partial charge >= 0.3 is 0 Å². The molecule has 1 aromatic heterocycles. The third kappa shape index (κ3) is 4.46. The molecule has 0 bridgehead atoms. The zero-order valence-corrected chi connectivity index (χ0v) is 15.1. The molecule has 6 nitrogen and oxygen atoms in total. The third-order valence-electron chi connectivity index (χ3n) is 3.83. The van der Waals surface area contributed by atoms with Crippen LogP contribution in [0.1, 0.15) is 23.2 Å². The van der Waals surface area contributed by atoms with Gasteiger partial charge in [-0.3, -0.25) is 14.4 Å². The van der Waals surface area contributed by atoms with Crippen molar-refractivity contribution in [3.63, 3.8) is 0 Å². The van der Waals surface area contributed by atoms with Crippen molar-refractivity contribution in [1.82, 2.24) is 10.0 Å². The number of benzene rings is 1. The van der Waals surface area contributed by atoms with Crippen LogP contribution in [0, 0.1) is 11.7 Å². The minimum absolute atomic E-state index is 0.112. The van der Waals surface area contributed by atoms with Crippen molar-refractivity contribution in [3.8, 4) is 0 Å². The number of carbonyl (C=O) groups is 1. The first-order valence-electron chi connectivity index (χ1n) is 7.80. The number of hydroxylamine groups is 2. The molecular weight excluding hydrogens is 393 g/mol. The van der Waals surface area contributed by atoms with E-state index in [4.69, 9.17) is 4.84 Å². The summed E-state index contributed by atoms with van der Waals surface area (Å²) in [6.45, 7) is 0.482. The van der Waals surface area contributed by atoms with Crippen molar-refractivity contribution in [2.75, 3.05) is 19.0 Å². The Labute approximate surface area is 152 Å². The Morgan fingerprint density at radius 3 is 2.84 bits per heavy atom. The molecule has 8 heteroatoms. The van der Waals surface area contributed by atoms with Crippen molar-refractivity contribution in [2.45, 2.75) is 12.8 Å². The van der Waals surface area contributed by atoms with Gasteiger partial charge in [0.1, 0.15) is 11.6 Å². The molecule has 1 saturated carbocycles. The Morgan fingerprint density at radius 2 is 2.16 bits per heavy atom. The van der Waals surface area contributed by atoms with E-state index in [1.807, 2.05) is 0 Å².